The van der Waals surface area contributed by atoms with Gasteiger partial charge >= 0.3 is 0 Å². The van der Waals surface area contributed by atoms with Gasteiger partial charge in [0.1, 0.15) is 5.03 Å². The Morgan fingerprint density at radius 3 is 2.75 bits per heavy atom. The summed E-state index contributed by atoms with van der Waals surface area (Å²) in [5, 5.41) is 3.22. The van der Waals surface area contributed by atoms with E-state index in [9.17, 15) is 9.59 Å². The lowest BCUT2D eigenvalue weighted by Crippen LogP contribution is -2.34. The molecule has 0 bridgehead atoms. The van der Waals surface area contributed by atoms with Crippen LogP contribution >= 0.6 is 11.8 Å². The van der Waals surface area contributed by atoms with Crippen LogP contribution in [0.5, 0.6) is 0 Å². The van der Waals surface area contributed by atoms with Gasteiger partial charge in [0.05, 0.1) is 10.8 Å². The first-order chi connectivity index (χ1) is 11.5. The standard InChI is InChI=1S/C17H26N4O2S/c1-12(10-18)11-20-15(22)14-6-5-7-19-16(14)24-13(2)17(23)21-8-3-4-9-21/h5-7,12-13H,3-4,8-11,18H2,1-2H3,(H,20,22). The van der Waals surface area contributed by atoms with Crippen LogP contribution in [0.2, 0.25) is 0 Å². The maximum Gasteiger partial charge on any atom is 0.254 e. The van der Waals surface area contributed by atoms with Crippen molar-refractivity contribution in [1.29, 1.82) is 0 Å². The van der Waals surface area contributed by atoms with Crippen LogP contribution in [0, 0.1) is 5.92 Å². The van der Waals surface area contributed by atoms with Crippen molar-refractivity contribution in [1.82, 2.24) is 15.2 Å². The van der Waals surface area contributed by atoms with Crippen LogP contribution in [0.25, 0.3) is 0 Å². The summed E-state index contributed by atoms with van der Waals surface area (Å²) in [4.78, 5) is 31.0. The number of hydrogen-bond donors (Lipinski definition) is 2. The Bertz CT molecular complexity index is 575. The Balaban J connectivity index is 2.02. The summed E-state index contributed by atoms with van der Waals surface area (Å²) in [5.74, 6) is 0.162. The van der Waals surface area contributed by atoms with E-state index in [0.29, 0.717) is 23.7 Å². The molecule has 6 nitrogen and oxygen atoms in total. The molecule has 132 valence electrons. The van der Waals surface area contributed by atoms with E-state index in [1.807, 2.05) is 18.7 Å². The van der Waals surface area contributed by atoms with Crippen molar-refractivity contribution in [3.63, 3.8) is 0 Å². The maximum atomic E-state index is 12.4. The van der Waals surface area contributed by atoms with Crippen LogP contribution in [0.15, 0.2) is 23.4 Å². The molecule has 2 atom stereocenters. The van der Waals surface area contributed by atoms with Crippen molar-refractivity contribution in [3.05, 3.63) is 23.9 Å². The molecule has 0 spiro atoms. The molecule has 2 rings (SSSR count). The van der Waals surface area contributed by atoms with E-state index >= 15 is 0 Å². The van der Waals surface area contributed by atoms with E-state index < -0.39 is 0 Å². The Morgan fingerprint density at radius 1 is 1.38 bits per heavy atom. The number of pyridine rings is 1. The number of nitrogens with zero attached hydrogens (tertiary/aromatic N) is 2. The van der Waals surface area contributed by atoms with Gasteiger partial charge in [0.25, 0.3) is 5.91 Å². The smallest absolute Gasteiger partial charge is 0.254 e. The SMILES string of the molecule is CC(CN)CNC(=O)c1cccnc1SC(C)C(=O)N1CCCC1. The number of aromatic nitrogens is 1. The molecule has 0 saturated carbocycles. The number of rotatable bonds is 7. The van der Waals surface area contributed by atoms with Crippen LogP contribution < -0.4 is 11.1 Å². The quantitative estimate of drug-likeness (QED) is 0.728. The largest absolute Gasteiger partial charge is 0.352 e. The number of nitrogens with two attached hydrogens (primary N) is 1. The number of carbonyl (C=O) groups is 2. The lowest BCUT2D eigenvalue weighted by Gasteiger charge is -2.20. The summed E-state index contributed by atoms with van der Waals surface area (Å²) in [6.45, 7) is 6.56. The normalized spacial score (nSPS) is 16.7. The van der Waals surface area contributed by atoms with Gasteiger partial charge in [0.15, 0.2) is 0 Å². The van der Waals surface area contributed by atoms with Crippen molar-refractivity contribution in [2.45, 2.75) is 37.0 Å². The molecule has 1 saturated heterocycles. The topological polar surface area (TPSA) is 88.3 Å². The molecule has 7 heteroatoms. The predicted octanol–water partition coefficient (Wildman–Crippen LogP) is 1.51. The maximum absolute atomic E-state index is 12.4. The summed E-state index contributed by atoms with van der Waals surface area (Å²) in [6, 6.07) is 3.48. The van der Waals surface area contributed by atoms with E-state index in [1.54, 1.807) is 18.3 Å². The first kappa shape index (κ1) is 18.7. The van der Waals surface area contributed by atoms with Gasteiger partial charge in [-0.15, -0.1) is 0 Å². The molecule has 1 aromatic rings. The first-order valence-electron chi connectivity index (χ1n) is 8.41. The van der Waals surface area contributed by atoms with E-state index in [4.69, 9.17) is 5.73 Å². The Morgan fingerprint density at radius 2 is 2.08 bits per heavy atom. The fourth-order valence-electron chi connectivity index (χ4n) is 2.52. The summed E-state index contributed by atoms with van der Waals surface area (Å²) >= 11 is 1.35. The zero-order valence-electron chi connectivity index (χ0n) is 14.3. The fraction of sp³-hybridized carbons (Fsp3) is 0.588. The van der Waals surface area contributed by atoms with Gasteiger partial charge in [-0.25, -0.2) is 4.98 Å². The molecule has 2 amide bonds. The van der Waals surface area contributed by atoms with Crippen molar-refractivity contribution >= 4 is 23.6 Å². The molecule has 0 aromatic carbocycles. The third kappa shape index (κ3) is 4.95. The van der Waals surface area contributed by atoms with Crippen molar-refractivity contribution in [2.75, 3.05) is 26.2 Å². The van der Waals surface area contributed by atoms with Crippen LogP contribution in [-0.2, 0) is 4.79 Å². The average Bonchev–Trinajstić information content (AvgIpc) is 3.13. The molecule has 3 N–H and O–H groups in total. The Kier molecular flexibility index (Phi) is 7.05. The molecule has 0 aliphatic carbocycles. The molecule has 1 aliphatic heterocycles. The number of likely N-dealkylation sites (tertiary alicyclic amines) is 1. The number of nitrogens with one attached hydrogen (secondary N) is 1. The number of hydrogen-bond acceptors (Lipinski definition) is 5. The summed E-state index contributed by atoms with van der Waals surface area (Å²) in [5.41, 5.74) is 6.08. The Labute approximate surface area is 147 Å². The van der Waals surface area contributed by atoms with Crippen LogP contribution in [0.1, 0.15) is 37.0 Å². The molecule has 0 radical (unpaired) electrons. The summed E-state index contributed by atoms with van der Waals surface area (Å²) in [7, 11) is 0. The van der Waals surface area contributed by atoms with Crippen molar-refractivity contribution in [2.24, 2.45) is 11.7 Å². The number of carbonyl (C=O) groups excluding carboxylic acids is 2. The molecular formula is C17H26N4O2S. The van der Waals surface area contributed by atoms with E-state index in [-0.39, 0.29) is 23.0 Å². The van der Waals surface area contributed by atoms with E-state index in [1.165, 1.54) is 11.8 Å². The van der Waals surface area contributed by atoms with Gasteiger partial charge < -0.3 is 16.0 Å². The highest BCUT2D eigenvalue weighted by Gasteiger charge is 2.25. The summed E-state index contributed by atoms with van der Waals surface area (Å²) < 4.78 is 0. The minimum absolute atomic E-state index is 0.117. The van der Waals surface area contributed by atoms with Crippen LogP contribution in [0.3, 0.4) is 0 Å². The highest BCUT2D eigenvalue weighted by molar-refractivity contribution is 8.00. The Hall–Kier alpha value is -1.60. The molecule has 1 aliphatic rings. The van der Waals surface area contributed by atoms with Gasteiger partial charge in [-0.1, -0.05) is 18.7 Å². The fourth-order valence-corrected chi connectivity index (χ4v) is 3.51. The lowest BCUT2D eigenvalue weighted by molar-refractivity contribution is -0.129. The minimum atomic E-state index is -0.257. The predicted molar refractivity (Wildman–Crippen MR) is 95.9 cm³/mol. The third-order valence-corrected chi connectivity index (χ3v) is 5.19. The summed E-state index contributed by atoms with van der Waals surface area (Å²) in [6.07, 6.45) is 3.79. The highest BCUT2D eigenvalue weighted by Crippen LogP contribution is 2.26. The lowest BCUT2D eigenvalue weighted by atomic mass is 10.2. The zero-order valence-corrected chi connectivity index (χ0v) is 15.1. The van der Waals surface area contributed by atoms with Gasteiger partial charge in [-0.05, 0) is 44.4 Å². The van der Waals surface area contributed by atoms with Crippen LogP contribution in [0.4, 0.5) is 0 Å². The third-order valence-electron chi connectivity index (χ3n) is 4.08. The number of amides is 2. The van der Waals surface area contributed by atoms with Gasteiger partial charge in [-0.3, -0.25) is 9.59 Å². The van der Waals surface area contributed by atoms with E-state index in [2.05, 4.69) is 10.3 Å². The molecule has 24 heavy (non-hydrogen) atoms. The first-order valence-corrected chi connectivity index (χ1v) is 9.29. The molecule has 2 unspecified atom stereocenters. The minimum Gasteiger partial charge on any atom is -0.352 e. The van der Waals surface area contributed by atoms with Gasteiger partial charge in [0, 0.05) is 25.8 Å². The molecule has 1 fully saturated rings. The second kappa shape index (κ2) is 9.03. The molecular weight excluding hydrogens is 324 g/mol. The van der Waals surface area contributed by atoms with Crippen molar-refractivity contribution in [3.8, 4) is 0 Å². The second-order valence-corrected chi connectivity index (χ2v) is 7.53. The van der Waals surface area contributed by atoms with Gasteiger partial charge in [0.2, 0.25) is 5.91 Å². The molecule has 1 aromatic heterocycles. The van der Waals surface area contributed by atoms with Crippen molar-refractivity contribution < 1.29 is 9.59 Å². The zero-order chi connectivity index (χ0) is 17.5. The monoisotopic (exact) mass is 350 g/mol. The van der Waals surface area contributed by atoms with E-state index in [0.717, 1.165) is 25.9 Å². The molecule has 2 heterocycles. The second-order valence-electron chi connectivity index (χ2n) is 6.20. The number of thioether (sulfide) groups is 1. The van der Waals surface area contributed by atoms with Crippen LogP contribution in [-0.4, -0.2) is 53.1 Å². The van der Waals surface area contributed by atoms with Gasteiger partial charge in [-0.2, -0.15) is 0 Å². The highest BCUT2D eigenvalue weighted by atomic mass is 32.2. The average molecular weight is 350 g/mol.